The van der Waals surface area contributed by atoms with Crippen LogP contribution in [0.25, 0.3) is 17.0 Å². The second-order valence-corrected chi connectivity index (χ2v) is 4.64. The van der Waals surface area contributed by atoms with Gasteiger partial charge in [0.15, 0.2) is 11.5 Å². The molecule has 0 fully saturated rings. The van der Waals surface area contributed by atoms with Gasteiger partial charge in [-0.25, -0.2) is 0 Å². The van der Waals surface area contributed by atoms with E-state index >= 15 is 0 Å². The van der Waals surface area contributed by atoms with Crippen LogP contribution in [0.1, 0.15) is 0 Å². The molecule has 84 valence electrons. The van der Waals surface area contributed by atoms with Gasteiger partial charge >= 0.3 is 0 Å². The van der Waals surface area contributed by atoms with E-state index < -0.39 is 0 Å². The van der Waals surface area contributed by atoms with E-state index in [4.69, 9.17) is 5.73 Å². The number of nitrogens with zero attached hydrogens (tertiary/aromatic N) is 3. The summed E-state index contributed by atoms with van der Waals surface area (Å²) < 4.78 is 2.93. The highest BCUT2D eigenvalue weighted by Crippen LogP contribution is 2.21. The van der Waals surface area contributed by atoms with Crippen LogP contribution in [0.3, 0.4) is 0 Å². The van der Waals surface area contributed by atoms with Gasteiger partial charge in [-0.3, -0.25) is 4.40 Å². The van der Waals surface area contributed by atoms with E-state index in [2.05, 4.69) is 26.1 Å². The number of halogens is 1. The highest BCUT2D eigenvalue weighted by molar-refractivity contribution is 9.10. The average molecular weight is 289 g/mol. The van der Waals surface area contributed by atoms with Crippen LogP contribution in [-0.4, -0.2) is 14.6 Å². The van der Waals surface area contributed by atoms with Crippen LogP contribution in [0.15, 0.2) is 47.1 Å². The molecule has 0 aliphatic rings. The van der Waals surface area contributed by atoms with E-state index in [1.807, 2.05) is 47.0 Å². The Morgan fingerprint density at radius 2 is 1.76 bits per heavy atom. The zero-order valence-electron chi connectivity index (χ0n) is 8.84. The number of benzene rings is 1. The van der Waals surface area contributed by atoms with Crippen LogP contribution in [0.5, 0.6) is 0 Å². The molecule has 1 aromatic carbocycles. The molecule has 0 spiro atoms. The van der Waals surface area contributed by atoms with Gasteiger partial charge in [-0.1, -0.05) is 0 Å². The summed E-state index contributed by atoms with van der Waals surface area (Å²) in [4.78, 5) is 0. The van der Waals surface area contributed by atoms with Crippen LogP contribution in [0, 0.1) is 0 Å². The summed E-state index contributed by atoms with van der Waals surface area (Å²) in [6.45, 7) is 0. The molecule has 17 heavy (non-hydrogen) atoms. The number of nitrogens with two attached hydrogens (primary N) is 1. The zero-order chi connectivity index (χ0) is 11.8. The molecular weight excluding hydrogens is 280 g/mol. The molecule has 2 aromatic heterocycles. The third-order valence-electron chi connectivity index (χ3n) is 2.54. The maximum atomic E-state index is 5.67. The Morgan fingerprint density at radius 3 is 2.53 bits per heavy atom. The fraction of sp³-hybridized carbons (Fsp3) is 0. The Morgan fingerprint density at radius 1 is 1.00 bits per heavy atom. The monoisotopic (exact) mass is 288 g/mol. The predicted octanol–water partition coefficient (Wildman–Crippen LogP) is 2.74. The lowest BCUT2D eigenvalue weighted by molar-refractivity contribution is 1.11. The van der Waals surface area contributed by atoms with E-state index in [-0.39, 0.29) is 0 Å². The molecule has 0 radical (unpaired) electrons. The fourth-order valence-corrected chi connectivity index (χ4v) is 2.03. The highest BCUT2D eigenvalue weighted by Gasteiger charge is 2.07. The van der Waals surface area contributed by atoms with Crippen LogP contribution in [0.4, 0.5) is 5.69 Å². The SMILES string of the molecule is Nc1ccc(-c2nnc3ccc(Br)cn23)cc1. The van der Waals surface area contributed by atoms with Gasteiger partial charge in [0.25, 0.3) is 0 Å². The van der Waals surface area contributed by atoms with Crippen molar-refractivity contribution >= 4 is 27.3 Å². The summed E-state index contributed by atoms with van der Waals surface area (Å²) >= 11 is 3.44. The molecule has 0 amide bonds. The van der Waals surface area contributed by atoms with E-state index in [1.165, 1.54) is 0 Å². The number of pyridine rings is 1. The van der Waals surface area contributed by atoms with Gasteiger partial charge in [0.1, 0.15) is 0 Å². The smallest absolute Gasteiger partial charge is 0.168 e. The molecule has 0 aliphatic heterocycles. The van der Waals surface area contributed by atoms with Crippen molar-refractivity contribution in [1.82, 2.24) is 14.6 Å². The summed E-state index contributed by atoms with van der Waals surface area (Å²) in [7, 11) is 0. The van der Waals surface area contributed by atoms with Gasteiger partial charge in [-0.2, -0.15) is 0 Å². The van der Waals surface area contributed by atoms with Crippen molar-refractivity contribution < 1.29 is 0 Å². The maximum absolute atomic E-state index is 5.67. The molecular formula is C12H9BrN4. The molecule has 0 bridgehead atoms. The van der Waals surface area contributed by atoms with Gasteiger partial charge in [0, 0.05) is 21.9 Å². The Kier molecular flexibility index (Phi) is 2.33. The Hall–Kier alpha value is -1.88. The van der Waals surface area contributed by atoms with Crippen molar-refractivity contribution in [2.45, 2.75) is 0 Å². The first kappa shape index (κ1) is 10.3. The number of anilines is 1. The lowest BCUT2D eigenvalue weighted by atomic mass is 10.2. The molecule has 3 rings (SSSR count). The first-order valence-electron chi connectivity index (χ1n) is 5.10. The first-order chi connectivity index (χ1) is 8.24. The topological polar surface area (TPSA) is 56.2 Å². The average Bonchev–Trinajstić information content (AvgIpc) is 2.73. The molecule has 0 saturated carbocycles. The molecule has 2 heterocycles. The normalized spacial score (nSPS) is 10.9. The van der Waals surface area contributed by atoms with Crippen LogP contribution >= 0.6 is 15.9 Å². The third kappa shape index (κ3) is 1.78. The second kappa shape index (κ2) is 3.85. The number of fused-ring (bicyclic) bond motifs is 1. The molecule has 5 heteroatoms. The molecule has 0 aliphatic carbocycles. The number of hydrogen-bond acceptors (Lipinski definition) is 3. The Balaban J connectivity index is 2.23. The zero-order valence-corrected chi connectivity index (χ0v) is 10.4. The van der Waals surface area contributed by atoms with Crippen molar-refractivity contribution in [3.05, 3.63) is 47.1 Å². The maximum Gasteiger partial charge on any atom is 0.168 e. The summed E-state index contributed by atoms with van der Waals surface area (Å²) in [6.07, 6.45) is 1.95. The number of nitrogen functional groups attached to an aromatic ring is 1. The highest BCUT2D eigenvalue weighted by atomic mass is 79.9. The van der Waals surface area contributed by atoms with E-state index in [0.717, 1.165) is 27.2 Å². The number of hydrogen-bond donors (Lipinski definition) is 1. The largest absolute Gasteiger partial charge is 0.399 e. The number of rotatable bonds is 1. The van der Waals surface area contributed by atoms with Crippen LogP contribution < -0.4 is 5.73 Å². The molecule has 0 saturated heterocycles. The van der Waals surface area contributed by atoms with E-state index in [0.29, 0.717) is 0 Å². The standard InChI is InChI=1S/C12H9BrN4/c13-9-3-6-11-15-16-12(17(11)7-9)8-1-4-10(14)5-2-8/h1-7H,14H2. The minimum atomic E-state index is 0.740. The van der Waals surface area contributed by atoms with Gasteiger partial charge in [0.05, 0.1) is 0 Å². The van der Waals surface area contributed by atoms with Crippen LogP contribution in [0.2, 0.25) is 0 Å². The lowest BCUT2D eigenvalue weighted by Crippen LogP contribution is -1.90. The van der Waals surface area contributed by atoms with Gasteiger partial charge in [-0.15, -0.1) is 10.2 Å². The van der Waals surface area contributed by atoms with E-state index in [1.54, 1.807) is 0 Å². The molecule has 0 unspecified atom stereocenters. The Labute approximate surface area is 106 Å². The van der Waals surface area contributed by atoms with E-state index in [9.17, 15) is 0 Å². The summed E-state index contributed by atoms with van der Waals surface area (Å²) in [5.74, 6) is 0.807. The predicted molar refractivity (Wildman–Crippen MR) is 70.5 cm³/mol. The first-order valence-corrected chi connectivity index (χ1v) is 5.89. The molecule has 0 atom stereocenters. The second-order valence-electron chi connectivity index (χ2n) is 3.72. The van der Waals surface area contributed by atoms with Gasteiger partial charge in [0.2, 0.25) is 0 Å². The minimum Gasteiger partial charge on any atom is -0.399 e. The Bertz CT molecular complexity index is 673. The quantitative estimate of drug-likeness (QED) is 0.701. The summed E-state index contributed by atoms with van der Waals surface area (Å²) in [6, 6.07) is 11.4. The summed E-state index contributed by atoms with van der Waals surface area (Å²) in [5.41, 5.74) is 8.22. The molecule has 4 nitrogen and oxygen atoms in total. The van der Waals surface area contributed by atoms with Crippen molar-refractivity contribution in [2.24, 2.45) is 0 Å². The van der Waals surface area contributed by atoms with Gasteiger partial charge < -0.3 is 5.73 Å². The summed E-state index contributed by atoms with van der Waals surface area (Å²) in [5, 5.41) is 8.31. The third-order valence-corrected chi connectivity index (χ3v) is 3.00. The fourth-order valence-electron chi connectivity index (χ4n) is 1.69. The number of aromatic nitrogens is 3. The molecule has 2 N–H and O–H groups in total. The van der Waals surface area contributed by atoms with Crippen molar-refractivity contribution in [2.75, 3.05) is 5.73 Å². The van der Waals surface area contributed by atoms with Crippen LogP contribution in [-0.2, 0) is 0 Å². The van der Waals surface area contributed by atoms with Crippen molar-refractivity contribution in [3.8, 4) is 11.4 Å². The van der Waals surface area contributed by atoms with Crippen molar-refractivity contribution in [1.29, 1.82) is 0 Å². The minimum absolute atomic E-state index is 0.740. The lowest BCUT2D eigenvalue weighted by Gasteiger charge is -2.01. The van der Waals surface area contributed by atoms with Crippen molar-refractivity contribution in [3.63, 3.8) is 0 Å². The molecule has 3 aromatic rings. The van der Waals surface area contributed by atoms with Gasteiger partial charge in [-0.05, 0) is 52.3 Å².